The van der Waals surface area contributed by atoms with E-state index in [4.69, 9.17) is 4.99 Å². The molecule has 1 fully saturated rings. The predicted molar refractivity (Wildman–Crippen MR) is 75.6 cm³/mol. The molecule has 0 amide bonds. The second-order valence-electron chi connectivity index (χ2n) is 6.94. The van der Waals surface area contributed by atoms with Gasteiger partial charge in [0.1, 0.15) is 0 Å². The highest BCUT2D eigenvalue weighted by Crippen LogP contribution is 2.30. The molecule has 96 valence electrons. The van der Waals surface area contributed by atoms with Crippen molar-refractivity contribution in [2.24, 2.45) is 16.3 Å². The lowest BCUT2D eigenvalue weighted by Crippen LogP contribution is -2.25. The Labute approximate surface area is 106 Å². The van der Waals surface area contributed by atoms with Crippen LogP contribution in [0.15, 0.2) is 17.1 Å². The number of rotatable bonds is 1. The van der Waals surface area contributed by atoms with Crippen LogP contribution < -0.4 is 0 Å². The van der Waals surface area contributed by atoms with Gasteiger partial charge in [0.15, 0.2) is 0 Å². The third kappa shape index (κ3) is 3.97. The molecule has 0 spiro atoms. The van der Waals surface area contributed by atoms with Crippen LogP contribution in [0.4, 0.5) is 0 Å². The van der Waals surface area contributed by atoms with Gasteiger partial charge < -0.3 is 0 Å². The maximum Gasteiger partial charge on any atom is 0.0565 e. The molecule has 0 aromatic heterocycles. The van der Waals surface area contributed by atoms with Gasteiger partial charge in [0, 0.05) is 5.71 Å². The molecule has 0 aromatic carbocycles. The number of dihydropyridines is 1. The van der Waals surface area contributed by atoms with Gasteiger partial charge in [-0.05, 0) is 36.7 Å². The summed E-state index contributed by atoms with van der Waals surface area (Å²) in [5.74, 6) is 0.735. The van der Waals surface area contributed by atoms with Crippen molar-refractivity contribution in [3.05, 3.63) is 12.2 Å². The number of hydrogen-bond acceptors (Lipinski definition) is 1. The summed E-state index contributed by atoms with van der Waals surface area (Å²) in [7, 11) is 0. The Kier molecular flexibility index (Phi) is 4.06. The zero-order valence-corrected chi connectivity index (χ0v) is 11.7. The highest BCUT2D eigenvalue weighted by atomic mass is 14.8. The van der Waals surface area contributed by atoms with Crippen LogP contribution in [0.1, 0.15) is 65.7 Å². The van der Waals surface area contributed by atoms with Gasteiger partial charge in [-0.25, -0.2) is 0 Å². The average Bonchev–Trinajstić information content (AvgIpc) is 2.18. The number of allylic oxidation sites excluding steroid dienone is 1. The van der Waals surface area contributed by atoms with Crippen molar-refractivity contribution in [2.75, 3.05) is 0 Å². The van der Waals surface area contributed by atoms with E-state index in [2.05, 4.69) is 32.9 Å². The summed E-state index contributed by atoms with van der Waals surface area (Å²) in [6.07, 6.45) is 14.1. The summed E-state index contributed by atoms with van der Waals surface area (Å²) in [5, 5.41) is 0. The largest absolute Gasteiger partial charge is 0.286 e. The van der Waals surface area contributed by atoms with Crippen molar-refractivity contribution in [2.45, 2.75) is 71.8 Å². The van der Waals surface area contributed by atoms with E-state index < -0.39 is 0 Å². The van der Waals surface area contributed by atoms with Gasteiger partial charge in [-0.15, -0.1) is 0 Å². The monoisotopic (exact) mass is 233 g/mol. The molecule has 2 rings (SSSR count). The normalized spacial score (nSPS) is 30.2. The first-order valence-corrected chi connectivity index (χ1v) is 7.29. The summed E-state index contributed by atoms with van der Waals surface area (Å²) in [6.45, 7) is 6.90. The Hall–Kier alpha value is -0.590. The van der Waals surface area contributed by atoms with Crippen molar-refractivity contribution in [3.8, 4) is 0 Å². The lowest BCUT2D eigenvalue weighted by Gasteiger charge is -2.29. The highest BCUT2D eigenvalue weighted by Gasteiger charge is 2.24. The zero-order chi connectivity index (χ0) is 12.3. The molecule has 1 heterocycles. The first-order valence-electron chi connectivity index (χ1n) is 7.29. The summed E-state index contributed by atoms with van der Waals surface area (Å²) >= 11 is 0. The van der Waals surface area contributed by atoms with E-state index in [1.165, 1.54) is 44.2 Å². The standard InChI is InChI=1S/C16H27N/c1-16(2,3)12-14-11-10-13-8-6-4-5-7-9-15(13)17-14/h10-11,13,15H,4-9,12H2,1-3H3. The predicted octanol–water partition coefficient (Wildman–Crippen LogP) is 4.77. The molecule has 0 bridgehead atoms. The molecule has 2 unspecified atom stereocenters. The first kappa shape index (κ1) is 12.9. The smallest absolute Gasteiger partial charge is 0.0565 e. The molecule has 1 heteroatoms. The van der Waals surface area contributed by atoms with Crippen LogP contribution in [0.3, 0.4) is 0 Å². The molecule has 1 saturated carbocycles. The van der Waals surface area contributed by atoms with E-state index in [0.29, 0.717) is 11.5 Å². The minimum atomic E-state index is 0.359. The summed E-state index contributed by atoms with van der Waals surface area (Å²) < 4.78 is 0. The van der Waals surface area contributed by atoms with Crippen LogP contribution in [0.5, 0.6) is 0 Å². The average molecular weight is 233 g/mol. The summed E-state index contributed by atoms with van der Waals surface area (Å²) in [6, 6.07) is 0.595. The van der Waals surface area contributed by atoms with E-state index in [-0.39, 0.29) is 0 Å². The molecule has 0 radical (unpaired) electrons. The number of fused-ring (bicyclic) bond motifs is 1. The van der Waals surface area contributed by atoms with Gasteiger partial charge in [0.05, 0.1) is 6.04 Å². The highest BCUT2D eigenvalue weighted by molar-refractivity contribution is 5.96. The van der Waals surface area contributed by atoms with E-state index in [0.717, 1.165) is 12.3 Å². The van der Waals surface area contributed by atoms with Gasteiger partial charge in [0.2, 0.25) is 0 Å². The Morgan fingerprint density at radius 1 is 1.12 bits per heavy atom. The third-order valence-electron chi connectivity index (χ3n) is 3.86. The molecule has 0 saturated heterocycles. The van der Waals surface area contributed by atoms with Crippen molar-refractivity contribution in [1.29, 1.82) is 0 Å². The van der Waals surface area contributed by atoms with Crippen molar-refractivity contribution in [3.63, 3.8) is 0 Å². The van der Waals surface area contributed by atoms with Crippen LogP contribution in [-0.4, -0.2) is 11.8 Å². The fraction of sp³-hybridized carbons (Fsp3) is 0.812. The topological polar surface area (TPSA) is 12.4 Å². The SMILES string of the molecule is CC(C)(C)CC1=NC2CCCCCCC2C=C1. The molecule has 0 aromatic rings. The van der Waals surface area contributed by atoms with Gasteiger partial charge in [-0.3, -0.25) is 4.99 Å². The fourth-order valence-electron chi connectivity index (χ4n) is 3.02. The molecule has 1 nitrogen and oxygen atoms in total. The second-order valence-corrected chi connectivity index (χ2v) is 6.94. The number of nitrogens with zero attached hydrogens (tertiary/aromatic N) is 1. The summed E-state index contributed by atoms with van der Waals surface area (Å²) in [4.78, 5) is 5.02. The molecule has 2 atom stereocenters. The van der Waals surface area contributed by atoms with E-state index in [1.807, 2.05) is 0 Å². The Bertz CT molecular complexity index is 306. The maximum absolute atomic E-state index is 5.02. The van der Waals surface area contributed by atoms with Crippen LogP contribution >= 0.6 is 0 Å². The Morgan fingerprint density at radius 3 is 2.53 bits per heavy atom. The van der Waals surface area contributed by atoms with E-state index in [9.17, 15) is 0 Å². The van der Waals surface area contributed by atoms with Crippen LogP contribution in [0, 0.1) is 11.3 Å². The van der Waals surface area contributed by atoms with Crippen molar-refractivity contribution >= 4 is 5.71 Å². The maximum atomic E-state index is 5.02. The van der Waals surface area contributed by atoms with Crippen molar-refractivity contribution < 1.29 is 0 Å². The molecule has 2 aliphatic rings. The van der Waals surface area contributed by atoms with E-state index in [1.54, 1.807) is 0 Å². The fourth-order valence-corrected chi connectivity index (χ4v) is 3.02. The molecule has 1 aliphatic carbocycles. The van der Waals surface area contributed by atoms with Gasteiger partial charge in [-0.1, -0.05) is 52.5 Å². The van der Waals surface area contributed by atoms with E-state index >= 15 is 0 Å². The quantitative estimate of drug-likeness (QED) is 0.618. The van der Waals surface area contributed by atoms with Crippen LogP contribution in [-0.2, 0) is 0 Å². The van der Waals surface area contributed by atoms with Crippen LogP contribution in [0.2, 0.25) is 0 Å². The zero-order valence-electron chi connectivity index (χ0n) is 11.7. The Morgan fingerprint density at radius 2 is 1.82 bits per heavy atom. The molecule has 0 N–H and O–H groups in total. The Balaban J connectivity index is 2.02. The van der Waals surface area contributed by atoms with Gasteiger partial charge in [0.25, 0.3) is 0 Å². The number of hydrogen-bond donors (Lipinski definition) is 0. The minimum absolute atomic E-state index is 0.359. The van der Waals surface area contributed by atoms with Crippen LogP contribution in [0.25, 0.3) is 0 Å². The molecule has 1 aliphatic heterocycles. The lowest BCUT2D eigenvalue weighted by molar-refractivity contribution is 0.377. The summed E-state index contributed by atoms with van der Waals surface area (Å²) in [5.41, 5.74) is 1.69. The van der Waals surface area contributed by atoms with Gasteiger partial charge in [-0.2, -0.15) is 0 Å². The second kappa shape index (κ2) is 5.37. The minimum Gasteiger partial charge on any atom is -0.286 e. The number of aliphatic imine (C=N–C) groups is 1. The van der Waals surface area contributed by atoms with Crippen molar-refractivity contribution in [1.82, 2.24) is 0 Å². The first-order chi connectivity index (χ1) is 8.04. The van der Waals surface area contributed by atoms with Gasteiger partial charge >= 0.3 is 0 Å². The molecular weight excluding hydrogens is 206 g/mol. The molecular formula is C16H27N. The third-order valence-corrected chi connectivity index (χ3v) is 3.86. The molecule has 17 heavy (non-hydrogen) atoms. The lowest BCUT2D eigenvalue weighted by atomic mass is 9.83.